The van der Waals surface area contributed by atoms with Crippen molar-refractivity contribution in [3.63, 3.8) is 0 Å². The molecule has 4 aromatic rings. The molecule has 8 nitrogen and oxygen atoms in total. The molecule has 0 aliphatic heterocycles. The molecule has 0 radical (unpaired) electrons. The first-order valence-electron chi connectivity index (χ1n) is 13.9. The molecule has 0 saturated carbocycles. The van der Waals surface area contributed by atoms with Gasteiger partial charge in [-0.1, -0.05) is 49.8 Å². The topological polar surface area (TPSA) is 106 Å². The fourth-order valence-electron chi connectivity index (χ4n) is 4.94. The minimum atomic E-state index is -4.04. The van der Waals surface area contributed by atoms with E-state index in [1.54, 1.807) is 43.3 Å². The summed E-state index contributed by atoms with van der Waals surface area (Å²) in [5, 5.41) is 3.99. The summed E-state index contributed by atoms with van der Waals surface area (Å²) in [5.41, 5.74) is 4.51. The van der Waals surface area contributed by atoms with Crippen molar-refractivity contribution >= 4 is 32.7 Å². The fraction of sp³-hybridized carbons (Fsp3) is 0.273. The highest BCUT2D eigenvalue weighted by atomic mass is 32.2. The van der Waals surface area contributed by atoms with Gasteiger partial charge in [-0.3, -0.25) is 9.59 Å². The largest absolute Gasteiger partial charge is 0.496 e. The van der Waals surface area contributed by atoms with Gasteiger partial charge in [0.2, 0.25) is 5.91 Å². The van der Waals surface area contributed by atoms with E-state index < -0.39 is 15.9 Å². The molecule has 0 spiro atoms. The number of fused-ring (bicyclic) bond motifs is 1. The average Bonchev–Trinajstić information content (AvgIpc) is 3.29. The maximum Gasteiger partial charge on any atom is 0.265 e. The molecule has 0 unspecified atom stereocenters. The zero-order valence-corrected chi connectivity index (χ0v) is 25.1. The van der Waals surface area contributed by atoms with Crippen LogP contribution in [0.25, 0.3) is 10.9 Å². The number of carbonyl (C=O) groups excluding carboxylic acids is 2. The van der Waals surface area contributed by atoms with Crippen LogP contribution in [0.3, 0.4) is 0 Å². The van der Waals surface area contributed by atoms with Crippen molar-refractivity contribution in [2.75, 3.05) is 13.7 Å². The SMILES string of the molecule is C=CCn1cc(Cc2ccc(C(=O)NS(=O)(=O)c3ccccc3C)cc2OC)c2cc(CC(=O)NCCCC)ccc21. The van der Waals surface area contributed by atoms with E-state index in [-0.39, 0.29) is 16.4 Å². The van der Waals surface area contributed by atoms with Crippen molar-refractivity contribution in [1.82, 2.24) is 14.6 Å². The van der Waals surface area contributed by atoms with Gasteiger partial charge in [0.1, 0.15) is 5.75 Å². The van der Waals surface area contributed by atoms with Crippen molar-refractivity contribution in [1.29, 1.82) is 0 Å². The molecule has 2 N–H and O–H groups in total. The molecule has 2 amide bonds. The third kappa shape index (κ3) is 7.09. The molecule has 1 aromatic heterocycles. The summed E-state index contributed by atoms with van der Waals surface area (Å²) in [7, 11) is -2.53. The van der Waals surface area contributed by atoms with Crippen LogP contribution in [-0.4, -0.2) is 38.5 Å². The van der Waals surface area contributed by atoms with Gasteiger partial charge in [0.05, 0.1) is 18.4 Å². The molecule has 1 heterocycles. The third-order valence-corrected chi connectivity index (χ3v) is 8.60. The number of benzene rings is 3. The first-order chi connectivity index (χ1) is 20.2. The van der Waals surface area contributed by atoms with E-state index in [1.807, 2.05) is 24.3 Å². The Hall–Kier alpha value is -4.37. The number of amides is 2. The van der Waals surface area contributed by atoms with Gasteiger partial charge >= 0.3 is 0 Å². The van der Waals surface area contributed by atoms with E-state index in [9.17, 15) is 18.0 Å². The molecule has 0 saturated heterocycles. The minimum Gasteiger partial charge on any atom is -0.496 e. The van der Waals surface area contributed by atoms with E-state index in [0.717, 1.165) is 40.4 Å². The smallest absolute Gasteiger partial charge is 0.265 e. The monoisotopic (exact) mass is 587 g/mol. The van der Waals surface area contributed by atoms with Crippen LogP contribution in [0.5, 0.6) is 5.75 Å². The molecular formula is C33H37N3O5S. The zero-order chi connectivity index (χ0) is 30.3. The molecule has 9 heteroatoms. The van der Waals surface area contributed by atoms with Gasteiger partial charge in [0.15, 0.2) is 0 Å². The summed E-state index contributed by atoms with van der Waals surface area (Å²) in [6, 6.07) is 17.4. The lowest BCUT2D eigenvalue weighted by Gasteiger charge is -2.12. The van der Waals surface area contributed by atoms with Gasteiger partial charge in [0.25, 0.3) is 15.9 Å². The fourth-order valence-corrected chi connectivity index (χ4v) is 6.16. The molecule has 42 heavy (non-hydrogen) atoms. The number of rotatable bonds is 13. The summed E-state index contributed by atoms with van der Waals surface area (Å²) in [6.45, 7) is 8.93. The normalized spacial score (nSPS) is 11.3. The van der Waals surface area contributed by atoms with E-state index in [2.05, 4.69) is 34.3 Å². The maximum absolute atomic E-state index is 13.0. The van der Waals surface area contributed by atoms with Crippen molar-refractivity contribution in [2.24, 2.45) is 0 Å². The Morgan fingerprint density at radius 3 is 2.55 bits per heavy atom. The summed E-state index contributed by atoms with van der Waals surface area (Å²) >= 11 is 0. The molecule has 0 aliphatic rings. The first kappa shape index (κ1) is 30.6. The highest BCUT2D eigenvalue weighted by Crippen LogP contribution is 2.29. The Balaban J connectivity index is 1.60. The molecule has 0 aliphatic carbocycles. The predicted octanol–water partition coefficient (Wildman–Crippen LogP) is 5.31. The Bertz CT molecular complexity index is 1720. The van der Waals surface area contributed by atoms with Crippen LogP contribution < -0.4 is 14.8 Å². The van der Waals surface area contributed by atoms with Crippen LogP contribution in [0.15, 0.2) is 84.4 Å². The number of unbranched alkanes of at least 4 members (excludes halogenated alkanes) is 1. The van der Waals surface area contributed by atoms with E-state index in [1.165, 1.54) is 13.2 Å². The van der Waals surface area contributed by atoms with Crippen molar-refractivity contribution < 1.29 is 22.7 Å². The number of hydrogen-bond donors (Lipinski definition) is 2. The Kier molecular flexibility index (Phi) is 9.85. The predicted molar refractivity (Wildman–Crippen MR) is 165 cm³/mol. The Labute approximate surface area is 247 Å². The lowest BCUT2D eigenvalue weighted by molar-refractivity contribution is -0.120. The second kappa shape index (κ2) is 13.5. The maximum atomic E-state index is 13.0. The van der Waals surface area contributed by atoms with E-state index >= 15 is 0 Å². The number of carbonyl (C=O) groups is 2. The second-order valence-corrected chi connectivity index (χ2v) is 11.9. The van der Waals surface area contributed by atoms with E-state index in [0.29, 0.717) is 37.2 Å². The van der Waals surface area contributed by atoms with Crippen LogP contribution in [0.2, 0.25) is 0 Å². The van der Waals surface area contributed by atoms with Gasteiger partial charge in [-0.15, -0.1) is 6.58 Å². The number of methoxy groups -OCH3 is 1. The molecule has 0 bridgehead atoms. The number of aryl methyl sites for hydroxylation is 1. The Morgan fingerprint density at radius 2 is 1.83 bits per heavy atom. The van der Waals surface area contributed by atoms with Crippen LogP contribution in [0.1, 0.15) is 52.4 Å². The average molecular weight is 588 g/mol. The summed E-state index contributed by atoms with van der Waals surface area (Å²) in [5.74, 6) is -0.283. The minimum absolute atomic E-state index is 0.00477. The molecule has 0 atom stereocenters. The number of allylic oxidation sites excluding steroid dienone is 1. The number of nitrogens with zero attached hydrogens (tertiary/aromatic N) is 1. The van der Waals surface area contributed by atoms with Crippen molar-refractivity contribution in [2.45, 2.75) is 51.0 Å². The molecule has 0 fully saturated rings. The van der Waals surface area contributed by atoms with Crippen LogP contribution in [-0.2, 0) is 34.2 Å². The van der Waals surface area contributed by atoms with Gasteiger partial charge in [-0.25, -0.2) is 13.1 Å². The van der Waals surface area contributed by atoms with Crippen molar-refractivity contribution in [3.05, 3.63) is 107 Å². The number of aromatic nitrogens is 1. The molecular weight excluding hydrogens is 550 g/mol. The summed E-state index contributed by atoms with van der Waals surface area (Å²) < 4.78 is 35.6. The summed E-state index contributed by atoms with van der Waals surface area (Å²) in [4.78, 5) is 25.4. The first-order valence-corrected chi connectivity index (χ1v) is 15.4. The third-order valence-electron chi connectivity index (χ3n) is 7.11. The van der Waals surface area contributed by atoms with Crippen molar-refractivity contribution in [3.8, 4) is 5.75 Å². The lowest BCUT2D eigenvalue weighted by Crippen LogP contribution is -2.31. The van der Waals surface area contributed by atoms with Crippen LogP contribution in [0.4, 0.5) is 0 Å². The summed E-state index contributed by atoms with van der Waals surface area (Å²) in [6.07, 6.45) is 6.66. The van der Waals surface area contributed by atoms with Crippen LogP contribution in [0, 0.1) is 6.92 Å². The Morgan fingerprint density at radius 1 is 1.05 bits per heavy atom. The van der Waals surface area contributed by atoms with Gasteiger partial charge in [-0.2, -0.15) is 0 Å². The molecule has 3 aromatic carbocycles. The van der Waals surface area contributed by atoms with E-state index in [4.69, 9.17) is 4.74 Å². The zero-order valence-electron chi connectivity index (χ0n) is 24.3. The van der Waals surface area contributed by atoms with Crippen LogP contribution >= 0.6 is 0 Å². The van der Waals surface area contributed by atoms with Gasteiger partial charge < -0.3 is 14.6 Å². The highest BCUT2D eigenvalue weighted by Gasteiger charge is 2.21. The standard InChI is InChI=1S/C33H37N3O5S/c1-5-7-16-34-32(37)19-24-12-15-29-28(18-24)27(22-36(29)17-6-2)20-25-13-14-26(21-30(25)41-4)33(38)35-42(39,40)31-11-9-8-10-23(31)3/h6,8-15,18,21-22H,2,5,7,16-17,19-20H2,1,3-4H3,(H,34,37)(H,35,38). The lowest BCUT2D eigenvalue weighted by atomic mass is 10.00. The number of sulfonamides is 1. The second-order valence-electron chi connectivity index (χ2n) is 10.2. The van der Waals surface area contributed by atoms with Gasteiger partial charge in [0, 0.05) is 42.2 Å². The quantitative estimate of drug-likeness (QED) is 0.163. The number of ether oxygens (including phenoxy) is 1. The number of hydrogen-bond acceptors (Lipinski definition) is 5. The van der Waals surface area contributed by atoms with Gasteiger partial charge in [-0.05, 0) is 65.9 Å². The number of nitrogens with one attached hydrogen (secondary N) is 2. The molecule has 220 valence electrons. The molecule has 4 rings (SSSR count). The highest BCUT2D eigenvalue weighted by molar-refractivity contribution is 7.90.